The zero-order valence-corrected chi connectivity index (χ0v) is 18.2. The summed E-state index contributed by atoms with van der Waals surface area (Å²) in [5.41, 5.74) is 3.07. The van der Waals surface area contributed by atoms with Gasteiger partial charge in [-0.3, -0.25) is 0 Å². The summed E-state index contributed by atoms with van der Waals surface area (Å²) >= 11 is 5.98. The molecule has 3 heterocycles. The quantitative estimate of drug-likeness (QED) is 0.425. The van der Waals surface area contributed by atoms with Crippen LogP contribution in [0.2, 0.25) is 5.02 Å². The van der Waals surface area contributed by atoms with Crippen LogP contribution in [-0.2, 0) is 17.9 Å². The number of benzene rings is 2. The number of aromatic nitrogens is 5. The fourth-order valence-corrected chi connectivity index (χ4v) is 3.70. The first-order valence-electron chi connectivity index (χ1n) is 10.1. The van der Waals surface area contributed by atoms with E-state index in [0.717, 1.165) is 16.8 Å². The molecule has 0 N–H and O–H groups in total. The Kier molecular flexibility index (Phi) is 5.50. The minimum Gasteiger partial charge on any atom is -0.493 e. The Hall–Kier alpha value is -3.43. The smallest absolute Gasteiger partial charge is 0.280 e. The van der Waals surface area contributed by atoms with Gasteiger partial charge in [-0.25, -0.2) is 4.68 Å². The van der Waals surface area contributed by atoms with Gasteiger partial charge in [-0.15, -0.1) is 5.10 Å². The standard InChI is InChI=1S/C22H20ClN5O4/c1-3-30-18-10-14(6-9-17(18)29-2)21-24-22(32-26-21)20-16-12-31-19(11-28(16)27-25-20)13-4-7-15(23)8-5-13/h4-10,19H,3,11-12H2,1-2H3. The third kappa shape index (κ3) is 3.80. The van der Waals surface area contributed by atoms with Gasteiger partial charge < -0.3 is 18.7 Å². The number of rotatable bonds is 6. The molecular formula is C22H20ClN5O4. The molecule has 0 amide bonds. The van der Waals surface area contributed by atoms with Crippen molar-refractivity contribution in [2.75, 3.05) is 13.7 Å². The normalized spacial score (nSPS) is 15.4. The van der Waals surface area contributed by atoms with Gasteiger partial charge in [0.1, 0.15) is 6.10 Å². The van der Waals surface area contributed by atoms with Gasteiger partial charge in [0.25, 0.3) is 5.89 Å². The summed E-state index contributed by atoms with van der Waals surface area (Å²) < 4.78 is 24.3. The molecule has 0 saturated heterocycles. The molecule has 1 unspecified atom stereocenters. The van der Waals surface area contributed by atoms with E-state index >= 15 is 0 Å². The lowest BCUT2D eigenvalue weighted by Crippen LogP contribution is -2.22. The van der Waals surface area contributed by atoms with Crippen LogP contribution in [0.3, 0.4) is 0 Å². The minimum atomic E-state index is -0.135. The molecule has 4 aromatic rings. The molecule has 32 heavy (non-hydrogen) atoms. The lowest BCUT2D eigenvalue weighted by molar-refractivity contribution is -0.00117. The average Bonchev–Trinajstić information content (AvgIpc) is 3.46. The van der Waals surface area contributed by atoms with E-state index < -0.39 is 0 Å². The highest BCUT2D eigenvalue weighted by Gasteiger charge is 2.28. The van der Waals surface area contributed by atoms with Crippen LogP contribution in [0.15, 0.2) is 47.0 Å². The van der Waals surface area contributed by atoms with Gasteiger partial charge in [0.2, 0.25) is 5.82 Å². The topological polar surface area (TPSA) is 97.3 Å². The molecule has 0 fully saturated rings. The van der Waals surface area contributed by atoms with Crippen molar-refractivity contribution < 1.29 is 18.7 Å². The molecule has 1 aliphatic heterocycles. The van der Waals surface area contributed by atoms with E-state index in [1.54, 1.807) is 13.2 Å². The Balaban J connectivity index is 1.39. The maximum Gasteiger partial charge on any atom is 0.280 e. The van der Waals surface area contributed by atoms with Crippen molar-refractivity contribution in [3.05, 3.63) is 58.7 Å². The van der Waals surface area contributed by atoms with Gasteiger partial charge in [-0.1, -0.05) is 34.1 Å². The summed E-state index contributed by atoms with van der Waals surface area (Å²) in [5.74, 6) is 1.95. The van der Waals surface area contributed by atoms with Gasteiger partial charge in [-0.05, 0) is 42.8 Å². The Bertz CT molecular complexity index is 1240. The Morgan fingerprint density at radius 1 is 1.16 bits per heavy atom. The van der Waals surface area contributed by atoms with Crippen LogP contribution in [0.1, 0.15) is 24.3 Å². The van der Waals surface area contributed by atoms with Crippen LogP contribution in [0, 0.1) is 0 Å². The van der Waals surface area contributed by atoms with Crippen molar-refractivity contribution in [3.63, 3.8) is 0 Å². The van der Waals surface area contributed by atoms with Gasteiger partial charge in [0, 0.05) is 10.6 Å². The van der Waals surface area contributed by atoms with Crippen molar-refractivity contribution >= 4 is 11.6 Å². The highest BCUT2D eigenvalue weighted by atomic mass is 35.5. The van der Waals surface area contributed by atoms with E-state index in [4.69, 9.17) is 30.3 Å². The van der Waals surface area contributed by atoms with Crippen molar-refractivity contribution in [1.29, 1.82) is 0 Å². The maximum atomic E-state index is 6.05. The molecule has 0 aliphatic carbocycles. The molecule has 5 rings (SSSR count). The van der Waals surface area contributed by atoms with E-state index in [1.807, 2.05) is 48.0 Å². The molecule has 1 atom stereocenters. The first-order valence-corrected chi connectivity index (χ1v) is 10.5. The number of hydrogen-bond acceptors (Lipinski definition) is 8. The third-order valence-corrected chi connectivity index (χ3v) is 5.44. The van der Waals surface area contributed by atoms with Gasteiger partial charge in [0.15, 0.2) is 17.2 Å². The summed E-state index contributed by atoms with van der Waals surface area (Å²) in [5, 5.41) is 13.3. The summed E-state index contributed by atoms with van der Waals surface area (Å²) in [7, 11) is 1.60. The second-order valence-electron chi connectivity index (χ2n) is 7.14. The maximum absolute atomic E-state index is 6.05. The van der Waals surface area contributed by atoms with Gasteiger partial charge in [0.05, 0.1) is 32.6 Å². The molecule has 0 spiro atoms. The predicted molar refractivity (Wildman–Crippen MR) is 115 cm³/mol. The molecule has 2 aromatic carbocycles. The summed E-state index contributed by atoms with van der Waals surface area (Å²) in [6.07, 6.45) is -0.135. The van der Waals surface area contributed by atoms with Gasteiger partial charge in [-0.2, -0.15) is 4.98 Å². The van der Waals surface area contributed by atoms with Crippen molar-refractivity contribution in [2.24, 2.45) is 0 Å². The first kappa shape index (κ1) is 20.5. The largest absolute Gasteiger partial charge is 0.493 e. The zero-order chi connectivity index (χ0) is 22.1. The van der Waals surface area contributed by atoms with E-state index in [2.05, 4.69) is 20.5 Å². The van der Waals surface area contributed by atoms with Crippen LogP contribution >= 0.6 is 11.6 Å². The molecule has 0 bridgehead atoms. The van der Waals surface area contributed by atoms with E-state index in [-0.39, 0.29) is 12.0 Å². The molecule has 0 saturated carbocycles. The van der Waals surface area contributed by atoms with Crippen molar-refractivity contribution in [1.82, 2.24) is 25.1 Å². The SMILES string of the molecule is CCOc1cc(-c2noc(-c3nnn4c3COC(c3ccc(Cl)cc3)C4)n2)ccc1OC. The van der Waals surface area contributed by atoms with Gasteiger partial charge >= 0.3 is 0 Å². The fourth-order valence-electron chi connectivity index (χ4n) is 3.58. The van der Waals surface area contributed by atoms with E-state index in [0.29, 0.717) is 47.8 Å². The number of hydrogen-bond donors (Lipinski definition) is 0. The third-order valence-electron chi connectivity index (χ3n) is 5.19. The molecule has 1 aliphatic rings. The molecule has 2 aromatic heterocycles. The van der Waals surface area contributed by atoms with Crippen LogP contribution in [0.25, 0.3) is 23.0 Å². The number of halogens is 1. The second-order valence-corrected chi connectivity index (χ2v) is 7.58. The van der Waals surface area contributed by atoms with E-state index in [1.165, 1.54) is 0 Å². The lowest BCUT2D eigenvalue weighted by Gasteiger charge is -2.24. The molecule has 0 radical (unpaired) electrons. The second kappa shape index (κ2) is 8.60. The van der Waals surface area contributed by atoms with E-state index in [9.17, 15) is 0 Å². The highest BCUT2D eigenvalue weighted by molar-refractivity contribution is 6.30. The Labute approximate surface area is 188 Å². The fraction of sp³-hybridized carbons (Fsp3) is 0.273. The molecular weight excluding hydrogens is 434 g/mol. The average molecular weight is 454 g/mol. The first-order chi connectivity index (χ1) is 15.7. The highest BCUT2D eigenvalue weighted by Crippen LogP contribution is 2.34. The lowest BCUT2D eigenvalue weighted by atomic mass is 10.1. The molecule has 164 valence electrons. The molecule has 9 nitrogen and oxygen atoms in total. The zero-order valence-electron chi connectivity index (χ0n) is 17.5. The molecule has 10 heteroatoms. The van der Waals surface area contributed by atoms with Crippen LogP contribution < -0.4 is 9.47 Å². The predicted octanol–water partition coefficient (Wildman–Crippen LogP) is 4.33. The minimum absolute atomic E-state index is 0.135. The number of fused-ring (bicyclic) bond motifs is 1. The summed E-state index contributed by atoms with van der Waals surface area (Å²) in [6, 6.07) is 13.1. The monoisotopic (exact) mass is 453 g/mol. The number of ether oxygens (including phenoxy) is 3. The van der Waals surface area contributed by atoms with Crippen molar-refractivity contribution in [2.45, 2.75) is 26.2 Å². The number of methoxy groups -OCH3 is 1. The van der Waals surface area contributed by atoms with Crippen LogP contribution in [0.4, 0.5) is 0 Å². The summed E-state index contributed by atoms with van der Waals surface area (Å²) in [4.78, 5) is 4.51. The number of nitrogens with zero attached hydrogens (tertiary/aromatic N) is 5. The Morgan fingerprint density at radius 2 is 2.00 bits per heavy atom. The van der Waals surface area contributed by atoms with Crippen LogP contribution in [0.5, 0.6) is 11.5 Å². The van der Waals surface area contributed by atoms with Crippen LogP contribution in [-0.4, -0.2) is 38.9 Å². The summed E-state index contributed by atoms with van der Waals surface area (Å²) in [6.45, 7) is 3.28. The van der Waals surface area contributed by atoms with Crippen molar-refractivity contribution in [3.8, 4) is 34.5 Å². The Morgan fingerprint density at radius 3 is 2.78 bits per heavy atom.